The quantitative estimate of drug-likeness (QED) is 0.604. The first kappa shape index (κ1) is 11.4. The van der Waals surface area contributed by atoms with Gasteiger partial charge in [0.1, 0.15) is 0 Å². The summed E-state index contributed by atoms with van der Waals surface area (Å²) in [6.07, 6.45) is 0. The standard InChI is InChI=1S/C11H19NOSi/c1-13-12-9-10-5-7-11(8-6-10)14(2,3)4/h5-8,12H,9H2,1-4H3. The van der Waals surface area contributed by atoms with Crippen LogP contribution in [0, 0.1) is 0 Å². The molecule has 0 saturated heterocycles. The van der Waals surface area contributed by atoms with Crippen LogP contribution in [-0.2, 0) is 11.4 Å². The molecule has 0 aliphatic heterocycles. The highest BCUT2D eigenvalue weighted by molar-refractivity contribution is 6.88. The molecule has 0 heterocycles. The molecule has 1 aromatic carbocycles. The van der Waals surface area contributed by atoms with Gasteiger partial charge in [-0.3, -0.25) is 0 Å². The van der Waals surface area contributed by atoms with Crippen LogP contribution in [0.3, 0.4) is 0 Å². The van der Waals surface area contributed by atoms with Gasteiger partial charge in [0.2, 0.25) is 0 Å². The molecular formula is C11H19NOSi. The summed E-state index contributed by atoms with van der Waals surface area (Å²) in [6, 6.07) is 8.80. The average Bonchev–Trinajstić information content (AvgIpc) is 2.14. The summed E-state index contributed by atoms with van der Waals surface area (Å²) in [5.41, 5.74) is 4.09. The lowest BCUT2D eigenvalue weighted by Gasteiger charge is -2.16. The van der Waals surface area contributed by atoms with Crippen molar-refractivity contribution in [1.82, 2.24) is 5.48 Å². The molecule has 0 fully saturated rings. The third-order valence-corrected chi connectivity index (χ3v) is 4.31. The molecule has 0 aromatic heterocycles. The van der Waals surface area contributed by atoms with Crippen molar-refractivity contribution in [2.45, 2.75) is 26.2 Å². The molecule has 14 heavy (non-hydrogen) atoms. The first-order valence-corrected chi connectivity index (χ1v) is 8.39. The van der Waals surface area contributed by atoms with Crippen molar-refractivity contribution in [2.75, 3.05) is 7.11 Å². The fraction of sp³-hybridized carbons (Fsp3) is 0.455. The van der Waals surface area contributed by atoms with Gasteiger partial charge in [0.15, 0.2) is 0 Å². The molecule has 0 bridgehead atoms. The summed E-state index contributed by atoms with van der Waals surface area (Å²) in [4.78, 5) is 4.80. The number of hydrogen-bond acceptors (Lipinski definition) is 2. The van der Waals surface area contributed by atoms with Crippen LogP contribution in [0.1, 0.15) is 5.56 Å². The van der Waals surface area contributed by atoms with Gasteiger partial charge in [-0.25, -0.2) is 0 Å². The normalized spacial score (nSPS) is 11.7. The second-order valence-corrected chi connectivity index (χ2v) is 9.55. The van der Waals surface area contributed by atoms with E-state index in [1.807, 2.05) is 0 Å². The molecule has 78 valence electrons. The van der Waals surface area contributed by atoms with Crippen LogP contribution in [0.4, 0.5) is 0 Å². The second kappa shape index (κ2) is 4.73. The number of benzene rings is 1. The van der Waals surface area contributed by atoms with Gasteiger partial charge in [-0.2, -0.15) is 5.48 Å². The van der Waals surface area contributed by atoms with Gasteiger partial charge in [-0.05, 0) is 5.56 Å². The lowest BCUT2D eigenvalue weighted by molar-refractivity contribution is 0.0867. The monoisotopic (exact) mass is 209 g/mol. The van der Waals surface area contributed by atoms with Crippen molar-refractivity contribution in [3.8, 4) is 0 Å². The van der Waals surface area contributed by atoms with Crippen molar-refractivity contribution in [3.05, 3.63) is 29.8 Å². The number of rotatable bonds is 4. The van der Waals surface area contributed by atoms with Gasteiger partial charge < -0.3 is 4.84 Å². The zero-order valence-electron chi connectivity index (χ0n) is 9.42. The van der Waals surface area contributed by atoms with Crippen LogP contribution in [0.5, 0.6) is 0 Å². The molecule has 1 aromatic rings. The van der Waals surface area contributed by atoms with Crippen molar-refractivity contribution in [3.63, 3.8) is 0 Å². The third kappa shape index (κ3) is 3.25. The van der Waals surface area contributed by atoms with Crippen molar-refractivity contribution in [1.29, 1.82) is 0 Å². The Balaban J connectivity index is 2.69. The Bertz CT molecular complexity index is 276. The summed E-state index contributed by atoms with van der Waals surface area (Å²) in [7, 11) is 0.496. The molecule has 0 unspecified atom stereocenters. The predicted octanol–water partition coefficient (Wildman–Crippen LogP) is 1.88. The van der Waals surface area contributed by atoms with E-state index in [0.29, 0.717) is 0 Å². The molecule has 1 rings (SSSR count). The SMILES string of the molecule is CONCc1ccc([Si](C)(C)C)cc1. The Morgan fingerprint density at radius 1 is 1.14 bits per heavy atom. The van der Waals surface area contributed by atoms with E-state index in [2.05, 4.69) is 49.4 Å². The molecule has 0 atom stereocenters. The van der Waals surface area contributed by atoms with Gasteiger partial charge in [0, 0.05) is 6.54 Å². The third-order valence-electron chi connectivity index (χ3n) is 2.24. The van der Waals surface area contributed by atoms with Gasteiger partial charge in [0.25, 0.3) is 0 Å². The number of nitrogens with one attached hydrogen (secondary N) is 1. The van der Waals surface area contributed by atoms with Crippen LogP contribution in [0.25, 0.3) is 0 Å². The molecule has 0 radical (unpaired) electrons. The van der Waals surface area contributed by atoms with E-state index in [1.165, 1.54) is 10.8 Å². The van der Waals surface area contributed by atoms with Gasteiger partial charge in [0.05, 0.1) is 15.2 Å². The Kier molecular flexibility index (Phi) is 3.86. The van der Waals surface area contributed by atoms with Crippen LogP contribution < -0.4 is 10.7 Å². The summed E-state index contributed by atoms with van der Waals surface area (Å²) in [5, 5.41) is 1.50. The van der Waals surface area contributed by atoms with Gasteiger partial charge in [-0.15, -0.1) is 0 Å². The fourth-order valence-electron chi connectivity index (χ4n) is 1.28. The van der Waals surface area contributed by atoms with Crippen LogP contribution in [-0.4, -0.2) is 15.2 Å². The van der Waals surface area contributed by atoms with Gasteiger partial charge >= 0.3 is 0 Å². The Labute approximate surface area is 87.3 Å². The lowest BCUT2D eigenvalue weighted by Crippen LogP contribution is -2.37. The van der Waals surface area contributed by atoms with E-state index >= 15 is 0 Å². The van der Waals surface area contributed by atoms with E-state index in [4.69, 9.17) is 4.84 Å². The largest absolute Gasteiger partial charge is 0.305 e. The minimum Gasteiger partial charge on any atom is -0.305 e. The Morgan fingerprint density at radius 3 is 2.14 bits per heavy atom. The van der Waals surface area contributed by atoms with Crippen molar-refractivity contribution in [2.24, 2.45) is 0 Å². The molecule has 0 aliphatic carbocycles. The van der Waals surface area contributed by atoms with Crippen molar-refractivity contribution < 1.29 is 4.84 Å². The minimum atomic E-state index is -1.14. The van der Waals surface area contributed by atoms with E-state index in [-0.39, 0.29) is 0 Å². The minimum absolute atomic E-state index is 0.766. The highest BCUT2D eigenvalue weighted by atomic mass is 28.3. The van der Waals surface area contributed by atoms with Crippen LogP contribution in [0.2, 0.25) is 19.6 Å². The average molecular weight is 209 g/mol. The molecule has 0 aliphatic rings. The molecule has 0 saturated carbocycles. The second-order valence-electron chi connectivity index (χ2n) is 4.47. The maximum atomic E-state index is 4.80. The summed E-state index contributed by atoms with van der Waals surface area (Å²) in [5.74, 6) is 0. The van der Waals surface area contributed by atoms with Crippen LogP contribution in [0.15, 0.2) is 24.3 Å². The molecule has 1 N–H and O–H groups in total. The molecule has 0 amide bonds. The molecular weight excluding hydrogens is 190 g/mol. The Morgan fingerprint density at radius 2 is 1.71 bits per heavy atom. The first-order chi connectivity index (χ1) is 6.54. The maximum absolute atomic E-state index is 4.80. The van der Waals surface area contributed by atoms with E-state index in [9.17, 15) is 0 Å². The zero-order chi connectivity index (χ0) is 10.6. The molecule has 3 heteroatoms. The van der Waals surface area contributed by atoms with E-state index in [0.717, 1.165) is 6.54 Å². The highest BCUT2D eigenvalue weighted by Gasteiger charge is 2.15. The summed E-state index contributed by atoms with van der Waals surface area (Å²) < 4.78 is 0. The highest BCUT2D eigenvalue weighted by Crippen LogP contribution is 2.04. The number of hydrogen-bond donors (Lipinski definition) is 1. The Hall–Kier alpha value is -0.643. The topological polar surface area (TPSA) is 21.3 Å². The summed E-state index contributed by atoms with van der Waals surface area (Å²) in [6.45, 7) is 7.84. The predicted molar refractivity (Wildman–Crippen MR) is 63.3 cm³/mol. The van der Waals surface area contributed by atoms with Crippen molar-refractivity contribution >= 4 is 13.3 Å². The van der Waals surface area contributed by atoms with E-state index < -0.39 is 8.07 Å². The smallest absolute Gasteiger partial charge is 0.0775 e. The summed E-state index contributed by atoms with van der Waals surface area (Å²) >= 11 is 0. The molecule has 2 nitrogen and oxygen atoms in total. The molecule has 0 spiro atoms. The van der Waals surface area contributed by atoms with Gasteiger partial charge in [-0.1, -0.05) is 49.1 Å². The zero-order valence-corrected chi connectivity index (χ0v) is 10.4. The number of hydroxylamine groups is 1. The lowest BCUT2D eigenvalue weighted by atomic mass is 10.2. The first-order valence-electron chi connectivity index (χ1n) is 4.89. The maximum Gasteiger partial charge on any atom is 0.0775 e. The fourth-order valence-corrected chi connectivity index (χ4v) is 2.44. The van der Waals surface area contributed by atoms with Crippen LogP contribution >= 0.6 is 0 Å². The van der Waals surface area contributed by atoms with E-state index in [1.54, 1.807) is 7.11 Å².